The summed E-state index contributed by atoms with van der Waals surface area (Å²) in [6.45, 7) is 0. The summed E-state index contributed by atoms with van der Waals surface area (Å²) >= 11 is 4.05. The molecule has 21 heavy (non-hydrogen) atoms. The van der Waals surface area contributed by atoms with Crippen LogP contribution in [-0.4, -0.2) is 27.6 Å². The van der Waals surface area contributed by atoms with Gasteiger partial charge in [-0.25, -0.2) is 0 Å². The second kappa shape index (κ2) is 6.67. The Bertz CT molecular complexity index is 583. The maximum atomic E-state index is 12.4. The van der Waals surface area contributed by atoms with Crippen molar-refractivity contribution in [2.24, 2.45) is 0 Å². The molecule has 7 heteroatoms. The van der Waals surface area contributed by atoms with E-state index in [0.29, 0.717) is 16.4 Å². The number of nitrogens with one attached hydrogen (secondary N) is 1. The molecule has 0 saturated heterocycles. The zero-order chi connectivity index (χ0) is 15.6. The summed E-state index contributed by atoms with van der Waals surface area (Å²) in [5.74, 6) is -1.39. The van der Waals surface area contributed by atoms with Crippen molar-refractivity contribution in [3.8, 4) is 5.75 Å². The number of hydrogen-bond acceptors (Lipinski definition) is 3. The van der Waals surface area contributed by atoms with Crippen molar-refractivity contribution < 1.29 is 19.8 Å². The molecule has 0 unspecified atom stereocenters. The van der Waals surface area contributed by atoms with Gasteiger partial charge in [0, 0.05) is 3.57 Å². The van der Waals surface area contributed by atoms with Crippen molar-refractivity contribution in [3.63, 3.8) is 0 Å². The molecule has 1 aliphatic carbocycles. The molecule has 0 radical (unpaired) electrons. The van der Waals surface area contributed by atoms with Gasteiger partial charge in [-0.05, 0) is 70.2 Å². The lowest BCUT2D eigenvalue weighted by Crippen LogP contribution is -2.47. The molecular weight excluding hydrogens is 500 g/mol. The van der Waals surface area contributed by atoms with Gasteiger partial charge in [-0.15, -0.1) is 0 Å². The molecule has 1 aliphatic rings. The van der Waals surface area contributed by atoms with Crippen LogP contribution in [-0.2, 0) is 4.79 Å². The minimum atomic E-state index is -0.918. The van der Waals surface area contributed by atoms with Gasteiger partial charge in [0.25, 0.3) is 5.91 Å². The molecule has 114 valence electrons. The van der Waals surface area contributed by atoms with Crippen molar-refractivity contribution in [2.45, 2.75) is 37.6 Å². The summed E-state index contributed by atoms with van der Waals surface area (Å²) < 4.78 is 1.45. The van der Waals surface area contributed by atoms with E-state index in [1.165, 1.54) is 0 Å². The summed E-state index contributed by atoms with van der Waals surface area (Å²) in [6.07, 6.45) is 3.05. The highest BCUT2D eigenvalue weighted by Crippen LogP contribution is 2.34. The maximum absolute atomic E-state index is 12.4. The van der Waals surface area contributed by atoms with Crippen molar-refractivity contribution in [3.05, 3.63) is 24.8 Å². The number of phenolic OH excluding ortho intramolecular Hbond substituents is 1. The number of carboxylic acid groups (broad SMARTS) is 1. The lowest BCUT2D eigenvalue weighted by molar-refractivity contribution is -0.138. The van der Waals surface area contributed by atoms with Gasteiger partial charge in [-0.2, -0.15) is 0 Å². The van der Waals surface area contributed by atoms with Crippen LogP contribution in [0.3, 0.4) is 0 Å². The van der Waals surface area contributed by atoms with Gasteiger partial charge >= 0.3 is 5.97 Å². The van der Waals surface area contributed by atoms with E-state index >= 15 is 0 Å². The summed E-state index contributed by atoms with van der Waals surface area (Å²) in [7, 11) is 0. The Labute approximate surface area is 149 Å². The number of amides is 1. The predicted molar refractivity (Wildman–Crippen MR) is 94.5 cm³/mol. The summed E-state index contributed by atoms with van der Waals surface area (Å²) in [4.78, 5) is 23.5. The molecule has 1 fully saturated rings. The molecule has 0 atom stereocenters. The molecule has 0 aliphatic heterocycles. The first-order valence-corrected chi connectivity index (χ1v) is 8.71. The van der Waals surface area contributed by atoms with Crippen molar-refractivity contribution >= 4 is 57.1 Å². The Morgan fingerprint density at radius 2 is 1.86 bits per heavy atom. The van der Waals surface area contributed by atoms with E-state index in [9.17, 15) is 14.7 Å². The molecule has 1 aromatic carbocycles. The first kappa shape index (κ1) is 16.8. The standard InChI is InChI=1S/C14H15I2NO4/c15-8-5-9(12(20)10(16)6-8)13(21)17-14(7-11(18)19)3-1-2-4-14/h5-6,20H,1-4,7H2,(H,17,21)(H,18,19). The number of aromatic hydroxyl groups is 1. The van der Waals surface area contributed by atoms with Gasteiger partial charge in [0.2, 0.25) is 0 Å². The number of carboxylic acids is 1. The number of hydrogen-bond donors (Lipinski definition) is 3. The van der Waals surface area contributed by atoms with Gasteiger partial charge in [0.15, 0.2) is 0 Å². The third-order valence-corrected chi connectivity index (χ3v) is 5.15. The first-order valence-electron chi connectivity index (χ1n) is 6.55. The molecule has 1 amide bonds. The fourth-order valence-electron chi connectivity index (χ4n) is 2.73. The Kier molecular flexibility index (Phi) is 5.33. The molecular formula is C14H15I2NO4. The Hall–Kier alpha value is -0.580. The number of phenols is 1. The highest BCUT2D eigenvalue weighted by molar-refractivity contribution is 14.1. The van der Waals surface area contributed by atoms with Gasteiger partial charge in [0.1, 0.15) is 5.75 Å². The van der Waals surface area contributed by atoms with Crippen LogP contribution in [0.1, 0.15) is 42.5 Å². The van der Waals surface area contributed by atoms with Crippen LogP contribution in [0.25, 0.3) is 0 Å². The van der Waals surface area contributed by atoms with Gasteiger partial charge in [-0.3, -0.25) is 9.59 Å². The molecule has 0 heterocycles. The van der Waals surface area contributed by atoms with Gasteiger partial charge in [0.05, 0.1) is 21.1 Å². The van der Waals surface area contributed by atoms with Crippen molar-refractivity contribution in [2.75, 3.05) is 0 Å². The number of halogens is 2. The summed E-state index contributed by atoms with van der Waals surface area (Å²) in [5, 5.41) is 22.0. The van der Waals surface area contributed by atoms with Gasteiger partial charge in [-0.1, -0.05) is 12.8 Å². The molecule has 0 aromatic heterocycles. The lowest BCUT2D eigenvalue weighted by atomic mass is 9.92. The van der Waals surface area contributed by atoms with Crippen LogP contribution < -0.4 is 5.32 Å². The first-order chi connectivity index (χ1) is 9.83. The fourth-order valence-corrected chi connectivity index (χ4v) is 4.58. The van der Waals surface area contributed by atoms with Crippen LogP contribution in [0.2, 0.25) is 0 Å². The van der Waals surface area contributed by atoms with E-state index in [0.717, 1.165) is 16.4 Å². The number of benzene rings is 1. The topological polar surface area (TPSA) is 86.6 Å². The molecule has 1 aromatic rings. The molecule has 3 N–H and O–H groups in total. The smallest absolute Gasteiger partial charge is 0.305 e. The highest BCUT2D eigenvalue weighted by atomic mass is 127. The SMILES string of the molecule is O=C(O)CC1(NC(=O)c2cc(I)cc(I)c2O)CCCC1. The second-order valence-corrected chi connectivity index (χ2v) is 7.70. The fraction of sp³-hybridized carbons (Fsp3) is 0.429. The van der Waals surface area contributed by atoms with E-state index in [4.69, 9.17) is 5.11 Å². The average molecular weight is 515 g/mol. The van der Waals surface area contributed by atoms with E-state index in [-0.39, 0.29) is 17.7 Å². The van der Waals surface area contributed by atoms with Crippen LogP contribution in [0.5, 0.6) is 5.75 Å². The van der Waals surface area contributed by atoms with E-state index in [1.54, 1.807) is 12.1 Å². The lowest BCUT2D eigenvalue weighted by Gasteiger charge is -2.29. The Morgan fingerprint density at radius 3 is 2.43 bits per heavy atom. The quantitative estimate of drug-likeness (QED) is 0.539. The third-order valence-electron chi connectivity index (χ3n) is 3.70. The average Bonchev–Trinajstić information content (AvgIpc) is 2.80. The largest absolute Gasteiger partial charge is 0.506 e. The zero-order valence-electron chi connectivity index (χ0n) is 11.2. The van der Waals surface area contributed by atoms with Crippen LogP contribution in [0.15, 0.2) is 12.1 Å². The van der Waals surface area contributed by atoms with Crippen LogP contribution in [0, 0.1) is 7.14 Å². The predicted octanol–water partition coefficient (Wildman–Crippen LogP) is 3.12. The third kappa shape index (κ3) is 3.99. The van der Waals surface area contributed by atoms with Crippen LogP contribution >= 0.6 is 45.2 Å². The number of aliphatic carboxylic acids is 1. The molecule has 2 rings (SSSR count). The number of carbonyl (C=O) groups is 2. The van der Waals surface area contributed by atoms with Crippen molar-refractivity contribution in [1.29, 1.82) is 0 Å². The molecule has 1 saturated carbocycles. The van der Waals surface area contributed by atoms with E-state index in [2.05, 4.69) is 27.9 Å². The monoisotopic (exact) mass is 515 g/mol. The number of carbonyl (C=O) groups excluding carboxylic acids is 1. The minimum Gasteiger partial charge on any atom is -0.506 e. The van der Waals surface area contributed by atoms with E-state index < -0.39 is 17.4 Å². The Balaban J connectivity index is 2.26. The summed E-state index contributed by atoms with van der Waals surface area (Å²) in [5.41, 5.74) is -0.495. The molecule has 5 nitrogen and oxygen atoms in total. The summed E-state index contributed by atoms with van der Waals surface area (Å²) in [6, 6.07) is 3.38. The van der Waals surface area contributed by atoms with Gasteiger partial charge < -0.3 is 15.5 Å². The molecule has 0 bridgehead atoms. The maximum Gasteiger partial charge on any atom is 0.305 e. The highest BCUT2D eigenvalue weighted by Gasteiger charge is 2.38. The minimum absolute atomic E-state index is 0.0583. The number of rotatable bonds is 4. The molecule has 0 spiro atoms. The Morgan fingerprint density at radius 1 is 1.24 bits per heavy atom. The van der Waals surface area contributed by atoms with Crippen molar-refractivity contribution in [1.82, 2.24) is 5.32 Å². The van der Waals surface area contributed by atoms with Crippen LogP contribution in [0.4, 0.5) is 0 Å². The van der Waals surface area contributed by atoms with E-state index in [1.807, 2.05) is 22.6 Å². The zero-order valence-corrected chi connectivity index (χ0v) is 15.5. The normalized spacial score (nSPS) is 16.7. The second-order valence-electron chi connectivity index (χ2n) is 5.30.